The van der Waals surface area contributed by atoms with Crippen molar-refractivity contribution in [3.8, 4) is 0 Å². The first-order valence-electron chi connectivity index (χ1n) is 13.2. The standard InChI is InChI=1S/C32H42O4/c1-8-35-30(34)28(21-22-9-11-26(12-10-22)29(33)36-32(5,6)7)25-15-13-23(14-16-25)24-17-19-27(20-18-24)31(2,3)4/h9-17,27-28H,8,18-21H2,1-7H3. The van der Waals surface area contributed by atoms with Crippen LogP contribution in [0.3, 0.4) is 0 Å². The van der Waals surface area contributed by atoms with Crippen LogP contribution < -0.4 is 0 Å². The SMILES string of the molecule is CCOC(=O)C(Cc1ccc(C(=O)OC(C)(C)C)cc1)c1ccc(C2=CCC(C(C)(C)C)CC2)cc1. The minimum atomic E-state index is -0.543. The number of ether oxygens (including phenoxy) is 2. The molecule has 0 saturated heterocycles. The molecule has 0 bridgehead atoms. The second-order valence-corrected chi connectivity index (χ2v) is 11.9. The van der Waals surface area contributed by atoms with Gasteiger partial charge < -0.3 is 9.47 Å². The van der Waals surface area contributed by atoms with Gasteiger partial charge in [0.15, 0.2) is 0 Å². The minimum absolute atomic E-state index is 0.230. The van der Waals surface area contributed by atoms with Crippen LogP contribution in [0.25, 0.3) is 5.57 Å². The molecule has 2 atom stereocenters. The van der Waals surface area contributed by atoms with Crippen molar-refractivity contribution in [1.29, 1.82) is 0 Å². The number of benzene rings is 2. The van der Waals surface area contributed by atoms with E-state index < -0.39 is 11.5 Å². The van der Waals surface area contributed by atoms with Crippen LogP contribution in [0.1, 0.15) is 101 Å². The van der Waals surface area contributed by atoms with Crippen molar-refractivity contribution < 1.29 is 19.1 Å². The van der Waals surface area contributed by atoms with E-state index in [1.54, 1.807) is 12.1 Å². The Kier molecular flexibility index (Phi) is 8.81. The Bertz CT molecular complexity index is 1060. The second-order valence-electron chi connectivity index (χ2n) is 11.9. The van der Waals surface area contributed by atoms with E-state index in [2.05, 4.69) is 51.1 Å². The van der Waals surface area contributed by atoms with Crippen LogP contribution >= 0.6 is 0 Å². The zero-order chi connectivity index (χ0) is 26.5. The molecule has 0 aromatic heterocycles. The Balaban J connectivity index is 1.75. The van der Waals surface area contributed by atoms with Crippen LogP contribution in [0.5, 0.6) is 0 Å². The van der Waals surface area contributed by atoms with Crippen molar-refractivity contribution in [3.05, 3.63) is 76.9 Å². The number of hydrogen-bond donors (Lipinski definition) is 0. The van der Waals surface area contributed by atoms with Crippen LogP contribution in [-0.2, 0) is 20.7 Å². The van der Waals surface area contributed by atoms with Gasteiger partial charge in [-0.05, 0) is 99.1 Å². The number of allylic oxidation sites excluding steroid dienone is 2. The molecule has 1 aliphatic carbocycles. The molecule has 4 nitrogen and oxygen atoms in total. The van der Waals surface area contributed by atoms with Gasteiger partial charge in [-0.2, -0.15) is 0 Å². The largest absolute Gasteiger partial charge is 0.466 e. The van der Waals surface area contributed by atoms with E-state index in [1.807, 2.05) is 39.8 Å². The molecule has 4 heteroatoms. The summed E-state index contributed by atoms with van der Waals surface area (Å²) < 4.78 is 10.9. The van der Waals surface area contributed by atoms with Crippen molar-refractivity contribution in [3.63, 3.8) is 0 Å². The van der Waals surface area contributed by atoms with E-state index in [9.17, 15) is 9.59 Å². The van der Waals surface area contributed by atoms with E-state index >= 15 is 0 Å². The Morgan fingerprint density at radius 3 is 2.08 bits per heavy atom. The highest BCUT2D eigenvalue weighted by Crippen LogP contribution is 2.39. The number of esters is 2. The molecule has 0 spiro atoms. The fourth-order valence-electron chi connectivity index (χ4n) is 4.74. The Morgan fingerprint density at radius 2 is 1.58 bits per heavy atom. The third-order valence-electron chi connectivity index (χ3n) is 6.92. The van der Waals surface area contributed by atoms with Gasteiger partial charge in [-0.1, -0.05) is 63.2 Å². The molecular weight excluding hydrogens is 448 g/mol. The summed E-state index contributed by atoms with van der Waals surface area (Å²) >= 11 is 0. The van der Waals surface area contributed by atoms with Gasteiger partial charge in [0.25, 0.3) is 0 Å². The van der Waals surface area contributed by atoms with Gasteiger partial charge in [-0.15, -0.1) is 0 Å². The maximum atomic E-state index is 12.9. The lowest BCUT2D eigenvalue weighted by Gasteiger charge is -2.33. The van der Waals surface area contributed by atoms with Crippen molar-refractivity contribution >= 4 is 17.5 Å². The van der Waals surface area contributed by atoms with Gasteiger partial charge >= 0.3 is 11.9 Å². The topological polar surface area (TPSA) is 52.6 Å². The van der Waals surface area contributed by atoms with Crippen molar-refractivity contribution in [2.24, 2.45) is 11.3 Å². The molecular formula is C32H42O4. The Labute approximate surface area is 217 Å². The van der Waals surface area contributed by atoms with Crippen LogP contribution in [-0.4, -0.2) is 24.1 Å². The average molecular weight is 491 g/mol. The van der Waals surface area contributed by atoms with Crippen LogP contribution in [0, 0.1) is 11.3 Å². The van der Waals surface area contributed by atoms with Crippen molar-refractivity contribution in [2.75, 3.05) is 6.61 Å². The first kappa shape index (κ1) is 27.7. The molecule has 194 valence electrons. The summed E-state index contributed by atoms with van der Waals surface area (Å²) in [5.41, 5.74) is 4.83. The van der Waals surface area contributed by atoms with E-state index in [0.717, 1.165) is 29.9 Å². The normalized spacial score (nSPS) is 17.2. The molecule has 2 unspecified atom stereocenters. The van der Waals surface area contributed by atoms with Gasteiger partial charge in [0.1, 0.15) is 5.60 Å². The molecule has 0 heterocycles. The summed E-state index contributed by atoms with van der Waals surface area (Å²) in [6, 6.07) is 15.7. The minimum Gasteiger partial charge on any atom is -0.466 e. The fourth-order valence-corrected chi connectivity index (χ4v) is 4.74. The summed E-state index contributed by atoms with van der Waals surface area (Å²) in [7, 11) is 0. The predicted octanol–water partition coefficient (Wildman–Crippen LogP) is 7.76. The first-order chi connectivity index (χ1) is 16.9. The molecule has 0 fully saturated rings. The Hall–Kier alpha value is -2.88. The summed E-state index contributed by atoms with van der Waals surface area (Å²) in [6.07, 6.45) is 6.31. The van der Waals surface area contributed by atoms with Gasteiger partial charge in [-0.25, -0.2) is 4.79 Å². The lowest BCUT2D eigenvalue weighted by molar-refractivity contribution is -0.144. The highest BCUT2D eigenvalue weighted by Gasteiger charge is 2.27. The number of hydrogen-bond acceptors (Lipinski definition) is 4. The van der Waals surface area contributed by atoms with Crippen molar-refractivity contribution in [1.82, 2.24) is 0 Å². The van der Waals surface area contributed by atoms with E-state index in [-0.39, 0.29) is 11.9 Å². The fraction of sp³-hybridized carbons (Fsp3) is 0.500. The molecule has 2 aromatic carbocycles. The zero-order valence-electron chi connectivity index (χ0n) is 23.0. The smallest absolute Gasteiger partial charge is 0.338 e. The zero-order valence-corrected chi connectivity index (χ0v) is 23.0. The van der Waals surface area contributed by atoms with E-state index in [4.69, 9.17) is 9.47 Å². The number of carbonyl (C=O) groups is 2. The molecule has 0 N–H and O–H groups in total. The molecule has 1 aliphatic rings. The molecule has 36 heavy (non-hydrogen) atoms. The first-order valence-corrected chi connectivity index (χ1v) is 13.2. The third kappa shape index (κ3) is 7.56. The van der Waals surface area contributed by atoms with Crippen LogP contribution in [0.15, 0.2) is 54.6 Å². The van der Waals surface area contributed by atoms with Gasteiger partial charge in [0.05, 0.1) is 18.1 Å². The van der Waals surface area contributed by atoms with Crippen LogP contribution in [0.2, 0.25) is 0 Å². The lowest BCUT2D eigenvalue weighted by Crippen LogP contribution is -2.23. The summed E-state index contributed by atoms with van der Waals surface area (Å²) in [6.45, 7) is 14.7. The maximum absolute atomic E-state index is 12.9. The van der Waals surface area contributed by atoms with Crippen molar-refractivity contribution in [2.45, 2.75) is 85.7 Å². The third-order valence-corrected chi connectivity index (χ3v) is 6.92. The van der Waals surface area contributed by atoms with Gasteiger partial charge in [0, 0.05) is 0 Å². The lowest BCUT2D eigenvalue weighted by atomic mass is 9.72. The second kappa shape index (κ2) is 11.5. The quantitative estimate of drug-likeness (QED) is 0.372. The average Bonchev–Trinajstić information content (AvgIpc) is 2.81. The molecule has 0 amide bonds. The van der Waals surface area contributed by atoms with E-state index in [0.29, 0.717) is 24.0 Å². The predicted molar refractivity (Wildman–Crippen MR) is 146 cm³/mol. The summed E-state index contributed by atoms with van der Waals surface area (Å²) in [5.74, 6) is -0.267. The highest BCUT2D eigenvalue weighted by atomic mass is 16.6. The van der Waals surface area contributed by atoms with Gasteiger partial charge in [0.2, 0.25) is 0 Å². The van der Waals surface area contributed by atoms with Crippen LogP contribution in [0.4, 0.5) is 0 Å². The number of rotatable bonds is 7. The molecule has 0 aliphatic heterocycles. The molecule has 0 saturated carbocycles. The molecule has 3 rings (SSSR count). The highest BCUT2D eigenvalue weighted by molar-refractivity contribution is 5.89. The Morgan fingerprint density at radius 1 is 0.944 bits per heavy atom. The van der Waals surface area contributed by atoms with E-state index in [1.165, 1.54) is 17.6 Å². The summed E-state index contributed by atoms with van der Waals surface area (Å²) in [5, 5.41) is 0. The monoisotopic (exact) mass is 490 g/mol. The molecule has 0 radical (unpaired) electrons. The molecule has 2 aromatic rings. The maximum Gasteiger partial charge on any atom is 0.338 e. The summed E-state index contributed by atoms with van der Waals surface area (Å²) in [4.78, 5) is 25.2. The number of carbonyl (C=O) groups excluding carboxylic acids is 2. The van der Waals surface area contributed by atoms with Gasteiger partial charge in [-0.3, -0.25) is 4.79 Å².